The van der Waals surface area contributed by atoms with Crippen molar-refractivity contribution in [2.45, 2.75) is 52.1 Å². The molecule has 4 heteroatoms. The number of hydrogen-bond acceptors (Lipinski definition) is 1. The van der Waals surface area contributed by atoms with Gasteiger partial charge in [0, 0.05) is 40.7 Å². The van der Waals surface area contributed by atoms with Crippen molar-refractivity contribution in [3.63, 3.8) is 0 Å². The van der Waals surface area contributed by atoms with Crippen molar-refractivity contribution >= 4 is 41.2 Å². The molecule has 0 aliphatic carbocycles. The van der Waals surface area contributed by atoms with Crippen molar-refractivity contribution in [1.29, 1.82) is 0 Å². The summed E-state index contributed by atoms with van der Waals surface area (Å²) in [6, 6.07) is 30.5. The third-order valence-electron chi connectivity index (χ3n) is 6.49. The first-order valence-electron chi connectivity index (χ1n) is 11.8. The summed E-state index contributed by atoms with van der Waals surface area (Å²) in [5.74, 6) is 0. The van der Waals surface area contributed by atoms with Gasteiger partial charge in [-0.2, -0.15) is 0 Å². The second-order valence-electron chi connectivity index (χ2n) is 10.1. The number of rotatable bonds is 7. The molecule has 0 atom stereocenters. The minimum atomic E-state index is -2.53. The molecule has 33 heavy (non-hydrogen) atoms. The standard InChI is InChI=1S/C29H34ClNOSi/c1-22(2)31-25(21-23-20-24(30)16-17-28(23)31)18-19-32-33(29(3,4)5,26-12-8-6-9-13-26)27-14-10-7-11-15-27/h6-17,20-22H,18-19H2,1-5H3. The third kappa shape index (κ3) is 4.55. The maximum absolute atomic E-state index is 7.12. The van der Waals surface area contributed by atoms with Crippen LogP contribution in [-0.2, 0) is 10.8 Å². The molecule has 0 amide bonds. The van der Waals surface area contributed by atoms with Gasteiger partial charge in [0.05, 0.1) is 0 Å². The van der Waals surface area contributed by atoms with Crippen molar-refractivity contribution in [2.75, 3.05) is 6.61 Å². The number of fused-ring (bicyclic) bond motifs is 1. The Bertz CT molecular complexity index is 1170. The largest absolute Gasteiger partial charge is 0.407 e. The van der Waals surface area contributed by atoms with Gasteiger partial charge < -0.3 is 8.99 Å². The highest BCUT2D eigenvalue weighted by atomic mass is 35.5. The normalized spacial score (nSPS) is 12.6. The highest BCUT2D eigenvalue weighted by Gasteiger charge is 2.50. The summed E-state index contributed by atoms with van der Waals surface area (Å²) in [5.41, 5.74) is 2.52. The lowest BCUT2D eigenvalue weighted by Crippen LogP contribution is -2.66. The molecule has 1 heterocycles. The molecule has 3 aromatic carbocycles. The zero-order valence-corrected chi connectivity index (χ0v) is 22.1. The molecule has 0 fully saturated rings. The fourth-order valence-electron chi connectivity index (χ4n) is 5.14. The molecule has 0 saturated heterocycles. The van der Waals surface area contributed by atoms with E-state index in [1.807, 2.05) is 6.07 Å². The minimum absolute atomic E-state index is 0.0199. The number of halogens is 1. The van der Waals surface area contributed by atoms with Gasteiger partial charge >= 0.3 is 0 Å². The number of nitrogens with zero attached hydrogens (tertiary/aromatic N) is 1. The van der Waals surface area contributed by atoms with E-state index in [4.69, 9.17) is 16.0 Å². The highest BCUT2D eigenvalue weighted by Crippen LogP contribution is 2.37. The van der Waals surface area contributed by atoms with Crippen LogP contribution < -0.4 is 10.4 Å². The lowest BCUT2D eigenvalue weighted by atomic mass is 10.2. The maximum Gasteiger partial charge on any atom is 0.261 e. The van der Waals surface area contributed by atoms with Gasteiger partial charge in [-0.15, -0.1) is 0 Å². The monoisotopic (exact) mass is 475 g/mol. The van der Waals surface area contributed by atoms with Gasteiger partial charge in [-0.1, -0.05) is 93.0 Å². The molecule has 0 radical (unpaired) electrons. The first kappa shape index (κ1) is 23.8. The Labute approximate surface area is 204 Å². The van der Waals surface area contributed by atoms with E-state index < -0.39 is 8.32 Å². The predicted molar refractivity (Wildman–Crippen MR) is 145 cm³/mol. The second-order valence-corrected chi connectivity index (χ2v) is 14.8. The van der Waals surface area contributed by atoms with E-state index in [1.54, 1.807) is 0 Å². The van der Waals surface area contributed by atoms with Crippen molar-refractivity contribution in [3.05, 3.63) is 95.6 Å². The molecule has 2 nitrogen and oxygen atoms in total. The molecule has 172 valence electrons. The fourth-order valence-corrected chi connectivity index (χ4v) is 9.88. The minimum Gasteiger partial charge on any atom is -0.407 e. The number of benzene rings is 3. The van der Waals surface area contributed by atoms with Gasteiger partial charge in [-0.05, 0) is 53.5 Å². The molecule has 0 aliphatic heterocycles. The van der Waals surface area contributed by atoms with Crippen LogP contribution in [0.25, 0.3) is 10.9 Å². The molecule has 0 spiro atoms. The molecule has 0 N–H and O–H groups in total. The van der Waals surface area contributed by atoms with E-state index in [0.29, 0.717) is 12.6 Å². The van der Waals surface area contributed by atoms with Crippen LogP contribution in [0.5, 0.6) is 0 Å². The van der Waals surface area contributed by atoms with Crippen LogP contribution in [0, 0.1) is 0 Å². The average molecular weight is 476 g/mol. The van der Waals surface area contributed by atoms with Gasteiger partial charge in [0.25, 0.3) is 8.32 Å². The van der Waals surface area contributed by atoms with Crippen molar-refractivity contribution in [1.82, 2.24) is 4.57 Å². The Balaban J connectivity index is 1.73. The van der Waals surface area contributed by atoms with Crippen LogP contribution in [-0.4, -0.2) is 19.5 Å². The third-order valence-corrected chi connectivity index (χ3v) is 11.8. The summed E-state index contributed by atoms with van der Waals surface area (Å²) in [5, 5.41) is 4.59. The Morgan fingerprint density at radius 1 is 0.848 bits per heavy atom. The zero-order valence-electron chi connectivity index (χ0n) is 20.3. The first-order chi connectivity index (χ1) is 15.7. The Morgan fingerprint density at radius 3 is 1.94 bits per heavy atom. The maximum atomic E-state index is 7.12. The van der Waals surface area contributed by atoms with E-state index in [0.717, 1.165) is 11.4 Å². The van der Waals surface area contributed by atoms with E-state index in [2.05, 4.69) is 118 Å². The molecule has 0 aliphatic rings. The molecule has 0 unspecified atom stereocenters. The van der Waals surface area contributed by atoms with Crippen molar-refractivity contribution in [3.8, 4) is 0 Å². The lowest BCUT2D eigenvalue weighted by molar-refractivity contribution is 0.298. The van der Waals surface area contributed by atoms with Crippen LogP contribution in [0.2, 0.25) is 10.1 Å². The highest BCUT2D eigenvalue weighted by molar-refractivity contribution is 6.99. The summed E-state index contributed by atoms with van der Waals surface area (Å²) < 4.78 is 9.54. The fraction of sp³-hybridized carbons (Fsp3) is 0.310. The van der Waals surface area contributed by atoms with E-state index in [1.165, 1.54) is 27.0 Å². The van der Waals surface area contributed by atoms with Gasteiger partial charge in [0.2, 0.25) is 0 Å². The smallest absolute Gasteiger partial charge is 0.261 e. The average Bonchev–Trinajstić information content (AvgIpc) is 3.14. The summed E-state index contributed by atoms with van der Waals surface area (Å²) in [6.07, 6.45) is 0.856. The molecule has 1 aromatic heterocycles. The molecule has 4 aromatic rings. The zero-order chi connectivity index (χ0) is 23.6. The SMILES string of the molecule is CC(C)n1c(CCO[Si](c2ccccc2)(c2ccccc2)C(C)(C)C)cc2cc(Cl)ccc21. The Morgan fingerprint density at radius 2 is 1.42 bits per heavy atom. The van der Waals surface area contributed by atoms with Crippen LogP contribution in [0.4, 0.5) is 0 Å². The van der Waals surface area contributed by atoms with Crippen LogP contribution in [0.15, 0.2) is 84.9 Å². The van der Waals surface area contributed by atoms with Gasteiger partial charge in [0.15, 0.2) is 0 Å². The summed E-state index contributed by atoms with van der Waals surface area (Å²) >= 11 is 6.28. The van der Waals surface area contributed by atoms with E-state index >= 15 is 0 Å². The molecule has 4 rings (SSSR count). The molecular formula is C29H34ClNOSi. The Kier molecular flexibility index (Phi) is 6.85. The molecule has 0 bridgehead atoms. The second kappa shape index (κ2) is 9.50. The van der Waals surface area contributed by atoms with Gasteiger partial charge in [-0.3, -0.25) is 0 Å². The Hall–Kier alpha value is -2.33. The number of aromatic nitrogens is 1. The number of hydrogen-bond donors (Lipinski definition) is 0. The first-order valence-corrected chi connectivity index (χ1v) is 14.1. The molecule has 0 saturated carbocycles. The van der Waals surface area contributed by atoms with E-state index in [9.17, 15) is 0 Å². The summed E-state index contributed by atoms with van der Waals surface area (Å²) in [7, 11) is -2.53. The predicted octanol–water partition coefficient (Wildman–Crippen LogP) is 6.99. The van der Waals surface area contributed by atoms with Crippen LogP contribution in [0.3, 0.4) is 0 Å². The quantitative estimate of drug-likeness (QED) is 0.262. The van der Waals surface area contributed by atoms with E-state index in [-0.39, 0.29) is 5.04 Å². The van der Waals surface area contributed by atoms with Crippen molar-refractivity contribution in [2.24, 2.45) is 0 Å². The van der Waals surface area contributed by atoms with Crippen LogP contribution >= 0.6 is 11.6 Å². The summed E-state index contributed by atoms with van der Waals surface area (Å²) in [4.78, 5) is 0. The topological polar surface area (TPSA) is 14.2 Å². The van der Waals surface area contributed by atoms with Crippen molar-refractivity contribution < 1.29 is 4.43 Å². The summed E-state index contributed by atoms with van der Waals surface area (Å²) in [6.45, 7) is 12.1. The van der Waals surface area contributed by atoms with Crippen LogP contribution in [0.1, 0.15) is 46.4 Å². The lowest BCUT2D eigenvalue weighted by Gasteiger charge is -2.43. The molecular weight excluding hydrogens is 442 g/mol. The van der Waals surface area contributed by atoms with Gasteiger partial charge in [0.1, 0.15) is 0 Å². The van der Waals surface area contributed by atoms with Gasteiger partial charge in [-0.25, -0.2) is 0 Å².